The summed E-state index contributed by atoms with van der Waals surface area (Å²) in [5.41, 5.74) is -0.789. The third-order valence-corrected chi connectivity index (χ3v) is 5.32. The molecule has 4 rings (SSSR count). The van der Waals surface area contributed by atoms with E-state index in [9.17, 15) is 32.9 Å². The zero-order valence-corrected chi connectivity index (χ0v) is 18.5. The van der Waals surface area contributed by atoms with Gasteiger partial charge in [-0.3, -0.25) is 24.3 Å². The fraction of sp³-hybridized carbons (Fsp3) is 0.125. The molecule has 184 valence electrons. The molecule has 0 aliphatic heterocycles. The van der Waals surface area contributed by atoms with E-state index in [4.69, 9.17) is 0 Å². The normalized spacial score (nSPS) is 11.3. The number of halogens is 3. The number of para-hydroxylation sites is 1. The molecular formula is C24H18F3N5O4. The number of amides is 1. The second kappa shape index (κ2) is 9.86. The van der Waals surface area contributed by atoms with Crippen molar-refractivity contribution in [1.29, 1.82) is 0 Å². The van der Waals surface area contributed by atoms with E-state index in [1.165, 1.54) is 23.0 Å². The van der Waals surface area contributed by atoms with Crippen LogP contribution >= 0.6 is 0 Å². The Morgan fingerprint density at radius 1 is 1.03 bits per heavy atom. The summed E-state index contributed by atoms with van der Waals surface area (Å²) in [6.45, 7) is 0.0843. The van der Waals surface area contributed by atoms with Gasteiger partial charge in [0.2, 0.25) is 0 Å². The van der Waals surface area contributed by atoms with Gasteiger partial charge in [0.05, 0.1) is 27.1 Å². The molecule has 0 aliphatic rings. The lowest BCUT2D eigenvalue weighted by atomic mass is 10.1. The molecule has 0 fully saturated rings. The molecule has 12 heteroatoms. The van der Waals surface area contributed by atoms with Gasteiger partial charge in [-0.25, -0.2) is 4.98 Å². The van der Waals surface area contributed by atoms with Gasteiger partial charge in [-0.1, -0.05) is 12.1 Å². The maximum absolute atomic E-state index is 12.8. The van der Waals surface area contributed by atoms with Gasteiger partial charge in [0.1, 0.15) is 12.0 Å². The van der Waals surface area contributed by atoms with Crippen molar-refractivity contribution in [3.8, 4) is 5.69 Å². The summed E-state index contributed by atoms with van der Waals surface area (Å²) in [5.74, 6) is -0.436. The lowest BCUT2D eigenvalue weighted by Crippen LogP contribution is -2.29. The number of nitro benzene ring substituents is 1. The van der Waals surface area contributed by atoms with Crippen molar-refractivity contribution >= 4 is 28.2 Å². The molecule has 0 saturated heterocycles. The number of aromatic nitrogens is 2. The summed E-state index contributed by atoms with van der Waals surface area (Å²) < 4.78 is 39.8. The van der Waals surface area contributed by atoms with E-state index in [0.29, 0.717) is 28.2 Å². The van der Waals surface area contributed by atoms with Crippen molar-refractivity contribution in [1.82, 2.24) is 14.9 Å². The minimum Gasteiger partial charge on any atom is -0.378 e. The van der Waals surface area contributed by atoms with Crippen molar-refractivity contribution in [2.45, 2.75) is 6.18 Å². The number of nitrogens with one attached hydrogen (secondary N) is 2. The Balaban J connectivity index is 1.38. The third kappa shape index (κ3) is 5.17. The van der Waals surface area contributed by atoms with Crippen LogP contribution in [0.4, 0.5) is 24.5 Å². The number of fused-ring (bicyclic) bond motifs is 1. The molecule has 1 heterocycles. The van der Waals surface area contributed by atoms with E-state index >= 15 is 0 Å². The molecule has 9 nitrogen and oxygen atoms in total. The van der Waals surface area contributed by atoms with Crippen LogP contribution in [-0.4, -0.2) is 33.5 Å². The van der Waals surface area contributed by atoms with Gasteiger partial charge in [0.15, 0.2) is 0 Å². The first-order valence-electron chi connectivity index (χ1n) is 10.6. The Labute approximate surface area is 201 Å². The summed E-state index contributed by atoms with van der Waals surface area (Å²) in [5, 5.41) is 16.9. The number of carbonyl (C=O) groups excluding carboxylic acids is 1. The highest BCUT2D eigenvalue weighted by Crippen LogP contribution is 2.34. The number of benzene rings is 3. The highest BCUT2D eigenvalue weighted by atomic mass is 19.4. The predicted molar refractivity (Wildman–Crippen MR) is 126 cm³/mol. The van der Waals surface area contributed by atoms with Gasteiger partial charge < -0.3 is 10.6 Å². The number of rotatable bonds is 7. The number of hydrogen-bond acceptors (Lipinski definition) is 6. The summed E-state index contributed by atoms with van der Waals surface area (Å²) in [6.07, 6.45) is -3.29. The fourth-order valence-corrected chi connectivity index (χ4v) is 3.51. The monoisotopic (exact) mass is 497 g/mol. The Morgan fingerprint density at radius 3 is 2.44 bits per heavy atom. The Kier molecular flexibility index (Phi) is 6.68. The Morgan fingerprint density at radius 2 is 1.75 bits per heavy atom. The minimum absolute atomic E-state index is 0.0359. The molecular weight excluding hydrogens is 479 g/mol. The molecule has 0 aliphatic carbocycles. The molecule has 36 heavy (non-hydrogen) atoms. The predicted octanol–water partition coefficient (Wildman–Crippen LogP) is 4.15. The van der Waals surface area contributed by atoms with Gasteiger partial charge in [0, 0.05) is 24.7 Å². The number of hydrogen-bond donors (Lipinski definition) is 2. The van der Waals surface area contributed by atoms with Crippen molar-refractivity contribution < 1.29 is 22.9 Å². The number of alkyl halides is 3. The third-order valence-electron chi connectivity index (χ3n) is 5.32. The first-order valence-corrected chi connectivity index (χ1v) is 10.6. The first kappa shape index (κ1) is 24.4. The molecule has 1 amide bonds. The lowest BCUT2D eigenvalue weighted by Gasteiger charge is -2.11. The Hall–Kier alpha value is -4.74. The standard InChI is InChI=1S/C24H18F3N5O4/c25-24(26,27)16-7-10-20(21(13-16)32(35)36)28-11-12-29-22(33)15-5-8-17(9-6-15)31-14-30-19-4-2-1-3-18(19)23(31)34/h1-10,13-14,28H,11-12H2,(H,29,33). The number of carbonyl (C=O) groups is 1. The summed E-state index contributed by atoms with van der Waals surface area (Å²) >= 11 is 0. The number of anilines is 1. The molecule has 2 N–H and O–H groups in total. The lowest BCUT2D eigenvalue weighted by molar-refractivity contribution is -0.384. The molecule has 1 aromatic heterocycles. The van der Waals surface area contributed by atoms with Crippen LogP contribution in [0.3, 0.4) is 0 Å². The maximum atomic E-state index is 12.8. The second-order valence-electron chi connectivity index (χ2n) is 7.65. The van der Waals surface area contributed by atoms with E-state index in [1.54, 1.807) is 36.4 Å². The maximum Gasteiger partial charge on any atom is 0.416 e. The van der Waals surface area contributed by atoms with Crippen LogP contribution in [0.5, 0.6) is 0 Å². The van der Waals surface area contributed by atoms with Gasteiger partial charge in [-0.2, -0.15) is 13.2 Å². The second-order valence-corrected chi connectivity index (χ2v) is 7.65. The van der Waals surface area contributed by atoms with Crippen molar-refractivity contribution in [2.75, 3.05) is 18.4 Å². The topological polar surface area (TPSA) is 119 Å². The molecule has 0 atom stereocenters. The van der Waals surface area contributed by atoms with E-state index in [1.807, 2.05) is 0 Å². The SMILES string of the molecule is O=C(NCCNc1ccc(C(F)(F)F)cc1[N+](=O)[O-])c1ccc(-n2cnc3ccccc3c2=O)cc1. The van der Waals surface area contributed by atoms with Crippen molar-refractivity contribution in [2.24, 2.45) is 0 Å². The zero-order chi connectivity index (χ0) is 25.9. The quantitative estimate of drug-likeness (QED) is 0.225. The van der Waals surface area contributed by atoms with Gasteiger partial charge >= 0.3 is 6.18 Å². The molecule has 4 aromatic rings. The molecule has 0 unspecified atom stereocenters. The summed E-state index contributed by atoms with van der Waals surface area (Å²) in [4.78, 5) is 39.6. The van der Waals surface area contributed by atoms with E-state index < -0.39 is 28.3 Å². The molecule has 0 bridgehead atoms. The molecule has 3 aromatic carbocycles. The fourth-order valence-electron chi connectivity index (χ4n) is 3.51. The van der Waals surface area contributed by atoms with Crippen LogP contribution in [0, 0.1) is 10.1 Å². The molecule has 0 spiro atoms. The van der Waals surface area contributed by atoms with Crippen LogP contribution in [0.25, 0.3) is 16.6 Å². The average Bonchev–Trinajstić information content (AvgIpc) is 2.86. The van der Waals surface area contributed by atoms with Gasteiger partial charge in [-0.05, 0) is 48.5 Å². The highest BCUT2D eigenvalue weighted by Gasteiger charge is 2.33. The minimum atomic E-state index is -4.70. The summed E-state index contributed by atoms with van der Waals surface area (Å²) in [6, 6.07) is 15.4. The molecule has 0 saturated carbocycles. The first-order chi connectivity index (χ1) is 17.1. The van der Waals surface area contributed by atoms with Crippen molar-refractivity contribution in [3.05, 3.63) is 105 Å². The number of nitrogens with zero attached hydrogens (tertiary/aromatic N) is 3. The van der Waals surface area contributed by atoms with Gasteiger partial charge in [-0.15, -0.1) is 0 Å². The summed E-state index contributed by atoms with van der Waals surface area (Å²) in [7, 11) is 0. The highest BCUT2D eigenvalue weighted by molar-refractivity contribution is 5.94. The van der Waals surface area contributed by atoms with E-state index in [2.05, 4.69) is 15.6 Å². The van der Waals surface area contributed by atoms with Crippen LogP contribution in [-0.2, 0) is 6.18 Å². The number of nitro groups is 1. The molecule has 0 radical (unpaired) electrons. The average molecular weight is 497 g/mol. The van der Waals surface area contributed by atoms with Crippen LogP contribution in [0.2, 0.25) is 0 Å². The van der Waals surface area contributed by atoms with Crippen LogP contribution in [0.15, 0.2) is 77.9 Å². The smallest absolute Gasteiger partial charge is 0.378 e. The van der Waals surface area contributed by atoms with E-state index in [-0.39, 0.29) is 24.3 Å². The van der Waals surface area contributed by atoms with Crippen LogP contribution < -0.4 is 16.2 Å². The van der Waals surface area contributed by atoms with Gasteiger partial charge in [0.25, 0.3) is 17.2 Å². The van der Waals surface area contributed by atoms with Crippen LogP contribution in [0.1, 0.15) is 15.9 Å². The van der Waals surface area contributed by atoms with Crippen molar-refractivity contribution in [3.63, 3.8) is 0 Å². The van der Waals surface area contributed by atoms with E-state index in [0.717, 1.165) is 12.1 Å². The zero-order valence-electron chi connectivity index (χ0n) is 18.5. The Bertz CT molecular complexity index is 1500. The largest absolute Gasteiger partial charge is 0.416 e.